The largest absolute Gasteiger partial charge is 0.418 e. The maximum atomic E-state index is 13.6. The van der Waals surface area contributed by atoms with Crippen molar-refractivity contribution < 1.29 is 18.6 Å². The summed E-state index contributed by atoms with van der Waals surface area (Å²) in [6.45, 7) is 0. The van der Waals surface area contributed by atoms with Crippen LogP contribution in [0, 0.1) is 0 Å². The van der Waals surface area contributed by atoms with Crippen LogP contribution in [-0.2, 0) is 6.18 Å². The maximum Gasteiger partial charge on any atom is 0.418 e. The number of nitrogens with zero attached hydrogens (tertiary/aromatic N) is 3. The quantitative estimate of drug-likeness (QED) is 0.713. The van der Waals surface area contributed by atoms with Gasteiger partial charge in [0.15, 0.2) is 0 Å². The van der Waals surface area contributed by atoms with Crippen LogP contribution in [0.1, 0.15) is 11.1 Å². The first kappa shape index (κ1) is 17.1. The predicted molar refractivity (Wildman–Crippen MR) is 97.7 cm³/mol. The fraction of sp³-hybridized carbons (Fsp3) is 0.0500. The van der Waals surface area contributed by atoms with E-state index in [9.17, 15) is 13.2 Å². The number of hydrazone groups is 1. The van der Waals surface area contributed by atoms with Gasteiger partial charge in [0, 0.05) is 0 Å². The van der Waals surface area contributed by atoms with Crippen molar-refractivity contribution in [3.63, 3.8) is 0 Å². The molecular weight excluding hydrogens is 353 g/mol. The number of halogens is 3. The van der Waals surface area contributed by atoms with Gasteiger partial charge in [0.2, 0.25) is 0 Å². The zero-order valence-corrected chi connectivity index (χ0v) is 14.1. The average Bonchev–Trinajstić information content (AvgIpc) is 3.14. The van der Waals surface area contributed by atoms with Gasteiger partial charge in [-0.1, -0.05) is 53.6 Å². The Morgan fingerprint density at radius 2 is 1.33 bits per heavy atom. The number of hydrogen-bond acceptors (Lipinski definition) is 3. The zero-order valence-electron chi connectivity index (χ0n) is 14.1. The summed E-state index contributed by atoms with van der Waals surface area (Å²) in [5.41, 5.74) is 2.41. The summed E-state index contributed by atoms with van der Waals surface area (Å²) < 4.78 is 40.7. The molecule has 1 aliphatic heterocycles. The molecule has 136 valence electrons. The number of para-hydroxylation sites is 2. The summed E-state index contributed by atoms with van der Waals surface area (Å²) in [6, 6.07) is 23.9. The second-order valence-corrected chi connectivity index (χ2v) is 5.96. The number of alkyl halides is 3. The maximum absolute atomic E-state index is 13.6. The molecule has 1 aliphatic rings. The molecule has 4 nitrogen and oxygen atoms in total. The van der Waals surface area contributed by atoms with E-state index in [0.29, 0.717) is 11.5 Å². The first-order chi connectivity index (χ1) is 13.0. The highest BCUT2D eigenvalue weighted by Gasteiger charge is 2.40. The molecular formula is C20H16F3N4+. The second-order valence-electron chi connectivity index (χ2n) is 5.96. The van der Waals surface area contributed by atoms with E-state index >= 15 is 0 Å². The summed E-state index contributed by atoms with van der Waals surface area (Å²) in [4.78, 5) is 0. The Bertz CT molecular complexity index is 956. The first-order valence-corrected chi connectivity index (χ1v) is 8.33. The Balaban J connectivity index is 1.81. The van der Waals surface area contributed by atoms with Crippen molar-refractivity contribution in [1.82, 2.24) is 0 Å². The third kappa shape index (κ3) is 3.37. The van der Waals surface area contributed by atoms with Gasteiger partial charge in [0.25, 0.3) is 5.84 Å². The van der Waals surface area contributed by atoms with E-state index < -0.39 is 11.7 Å². The normalized spacial score (nSPS) is 14.4. The van der Waals surface area contributed by atoms with Crippen molar-refractivity contribution in [2.45, 2.75) is 6.18 Å². The van der Waals surface area contributed by atoms with Crippen LogP contribution in [-0.4, -0.2) is 5.84 Å². The van der Waals surface area contributed by atoms with E-state index in [1.54, 1.807) is 23.6 Å². The molecule has 7 heteroatoms. The standard InChI is InChI=1S/C20H15F3N4/c21-20(22,23)17-13-7-8-14-18(17)27-25-19(15-9-3-1-4-10-15)24-26(27)16-11-5-2-6-12-16/h1-14H,(H,24,25)/p+1. The Hall–Kier alpha value is -3.32. The SMILES string of the molecule is FC(F)(F)c1ccccc1N1[NH2+]C(c2ccccc2)=NN1c1ccccc1. The molecule has 0 aliphatic carbocycles. The van der Waals surface area contributed by atoms with Gasteiger partial charge in [-0.3, -0.25) is 0 Å². The Labute approximate surface area is 154 Å². The molecule has 0 radical (unpaired) electrons. The molecule has 0 saturated heterocycles. The molecule has 1 heterocycles. The fourth-order valence-electron chi connectivity index (χ4n) is 2.92. The molecule has 0 unspecified atom stereocenters. The van der Waals surface area contributed by atoms with E-state index in [-0.39, 0.29) is 5.69 Å². The number of hydrazine groups is 1. The minimum Gasteiger partial charge on any atom is -0.172 e. The Morgan fingerprint density at radius 3 is 2.00 bits per heavy atom. The predicted octanol–water partition coefficient (Wildman–Crippen LogP) is 3.79. The highest BCUT2D eigenvalue weighted by Crippen LogP contribution is 2.37. The number of quaternary nitrogens is 1. The Morgan fingerprint density at radius 1 is 0.741 bits per heavy atom. The van der Waals surface area contributed by atoms with Gasteiger partial charge in [-0.05, 0) is 36.4 Å². The van der Waals surface area contributed by atoms with E-state index in [1.165, 1.54) is 22.4 Å². The van der Waals surface area contributed by atoms with Gasteiger partial charge in [-0.2, -0.15) is 18.6 Å². The monoisotopic (exact) mass is 369 g/mol. The number of nitrogens with two attached hydrogens (primary N) is 1. The lowest BCUT2D eigenvalue weighted by Gasteiger charge is -2.26. The summed E-state index contributed by atoms with van der Waals surface area (Å²) in [7, 11) is 0. The molecule has 4 rings (SSSR count). The van der Waals surface area contributed by atoms with Crippen molar-refractivity contribution in [3.05, 3.63) is 96.1 Å². The van der Waals surface area contributed by atoms with Gasteiger partial charge in [0.1, 0.15) is 5.69 Å². The molecule has 3 aromatic rings. The second kappa shape index (κ2) is 6.77. The molecule has 2 N–H and O–H groups in total. The topological polar surface area (TPSA) is 35.5 Å². The summed E-state index contributed by atoms with van der Waals surface area (Å²) in [5.74, 6) is 0.580. The molecule has 0 saturated carbocycles. The fourth-order valence-corrected chi connectivity index (χ4v) is 2.92. The number of hydrogen-bond donors (Lipinski definition) is 1. The third-order valence-corrected chi connectivity index (χ3v) is 4.16. The van der Waals surface area contributed by atoms with Crippen LogP contribution in [0.3, 0.4) is 0 Å². The molecule has 3 aromatic carbocycles. The number of amidine groups is 1. The van der Waals surface area contributed by atoms with Gasteiger partial charge in [0.05, 0.1) is 16.8 Å². The lowest BCUT2D eigenvalue weighted by Crippen LogP contribution is -2.96. The number of benzene rings is 3. The van der Waals surface area contributed by atoms with Crippen LogP contribution in [0.25, 0.3) is 0 Å². The molecule has 0 atom stereocenters. The number of rotatable bonds is 3. The lowest BCUT2D eigenvalue weighted by molar-refractivity contribution is -0.545. The zero-order chi connectivity index (χ0) is 18.9. The summed E-state index contributed by atoms with van der Waals surface area (Å²) in [5, 5.41) is 7.47. The summed E-state index contributed by atoms with van der Waals surface area (Å²) >= 11 is 0. The van der Waals surface area contributed by atoms with E-state index in [4.69, 9.17) is 0 Å². The van der Waals surface area contributed by atoms with Crippen molar-refractivity contribution in [2.75, 3.05) is 10.2 Å². The van der Waals surface area contributed by atoms with Crippen LogP contribution >= 0.6 is 0 Å². The van der Waals surface area contributed by atoms with E-state index in [0.717, 1.165) is 11.6 Å². The van der Waals surface area contributed by atoms with Crippen LogP contribution in [0.5, 0.6) is 0 Å². The smallest absolute Gasteiger partial charge is 0.172 e. The summed E-state index contributed by atoms with van der Waals surface area (Å²) in [6.07, 6.45) is -4.47. The van der Waals surface area contributed by atoms with Gasteiger partial charge < -0.3 is 0 Å². The van der Waals surface area contributed by atoms with E-state index in [2.05, 4.69) is 5.10 Å². The van der Waals surface area contributed by atoms with Crippen molar-refractivity contribution >= 4 is 17.2 Å². The van der Waals surface area contributed by atoms with Crippen LogP contribution in [0.2, 0.25) is 0 Å². The molecule has 0 aromatic heterocycles. The van der Waals surface area contributed by atoms with Crippen LogP contribution in [0.15, 0.2) is 90.0 Å². The van der Waals surface area contributed by atoms with Crippen molar-refractivity contribution in [2.24, 2.45) is 5.10 Å². The average molecular weight is 369 g/mol. The highest BCUT2D eigenvalue weighted by molar-refractivity contribution is 5.94. The third-order valence-electron chi connectivity index (χ3n) is 4.16. The minimum absolute atomic E-state index is 0.0172. The van der Waals surface area contributed by atoms with E-state index in [1.807, 2.05) is 48.5 Å². The minimum atomic E-state index is -4.47. The Kier molecular flexibility index (Phi) is 4.29. The van der Waals surface area contributed by atoms with Gasteiger partial charge in [-0.25, -0.2) is 0 Å². The number of anilines is 2. The van der Waals surface area contributed by atoms with Crippen LogP contribution in [0.4, 0.5) is 24.5 Å². The lowest BCUT2D eigenvalue weighted by atomic mass is 10.1. The van der Waals surface area contributed by atoms with Gasteiger partial charge in [-0.15, -0.1) is 10.2 Å². The van der Waals surface area contributed by atoms with Crippen LogP contribution < -0.4 is 15.7 Å². The molecule has 0 spiro atoms. The molecule has 27 heavy (non-hydrogen) atoms. The molecule has 0 bridgehead atoms. The molecule has 0 fully saturated rings. The molecule has 0 amide bonds. The van der Waals surface area contributed by atoms with Crippen molar-refractivity contribution in [3.8, 4) is 0 Å². The van der Waals surface area contributed by atoms with Gasteiger partial charge >= 0.3 is 6.18 Å². The van der Waals surface area contributed by atoms with Crippen molar-refractivity contribution in [1.29, 1.82) is 0 Å². The highest BCUT2D eigenvalue weighted by atomic mass is 19.4. The first-order valence-electron chi connectivity index (χ1n) is 8.33.